The summed E-state index contributed by atoms with van der Waals surface area (Å²) in [5.74, 6) is -2.23. The second-order valence-corrected chi connectivity index (χ2v) is 7.61. The Bertz CT molecular complexity index is 598. The smallest absolute Gasteiger partial charge is 0.548 e. The molecule has 2 fully saturated rings. The standard InChI is InChI=1S/C14H16N2O4S.Na/c1-14(2)10(13(19)20)16-11(18)8(12(16)21-14)9(17)7-4-3-5-15-6-7;/h3-6,8-10,12,17H,1-2H3,(H,19,20);/q;+1/p-1/t8-,9?,10+,12-;/m1./s1. The average Bonchev–Trinajstić information content (AvgIpc) is 2.68. The Hall–Kier alpha value is -0.600. The second-order valence-electron chi connectivity index (χ2n) is 5.84. The van der Waals surface area contributed by atoms with Gasteiger partial charge in [0, 0.05) is 17.1 Å². The molecule has 4 atom stereocenters. The number of aliphatic hydroxyl groups is 1. The molecule has 0 bridgehead atoms. The van der Waals surface area contributed by atoms with Gasteiger partial charge >= 0.3 is 29.6 Å². The number of carbonyl (C=O) groups excluding carboxylic acids is 2. The second kappa shape index (κ2) is 6.13. The van der Waals surface area contributed by atoms with Gasteiger partial charge in [0.15, 0.2) is 0 Å². The van der Waals surface area contributed by atoms with Crippen molar-refractivity contribution in [3.8, 4) is 0 Å². The summed E-state index contributed by atoms with van der Waals surface area (Å²) in [4.78, 5) is 28.9. The number of hydrogen-bond donors (Lipinski definition) is 1. The third-order valence-corrected chi connectivity index (χ3v) is 5.66. The summed E-state index contributed by atoms with van der Waals surface area (Å²) in [6, 6.07) is 2.43. The number of carbonyl (C=O) groups is 2. The molecule has 0 radical (unpaired) electrons. The minimum absolute atomic E-state index is 0. The summed E-state index contributed by atoms with van der Waals surface area (Å²) >= 11 is 1.39. The van der Waals surface area contributed by atoms with Gasteiger partial charge < -0.3 is 19.9 Å². The number of thioether (sulfide) groups is 1. The average molecular weight is 330 g/mol. The van der Waals surface area contributed by atoms with Gasteiger partial charge in [-0.2, -0.15) is 0 Å². The molecule has 0 spiro atoms. The van der Waals surface area contributed by atoms with E-state index in [1.807, 2.05) is 0 Å². The van der Waals surface area contributed by atoms with Gasteiger partial charge in [-0.15, -0.1) is 11.8 Å². The first kappa shape index (κ1) is 17.7. The maximum Gasteiger partial charge on any atom is 1.00 e. The Morgan fingerprint density at radius 3 is 2.77 bits per heavy atom. The van der Waals surface area contributed by atoms with Crippen molar-refractivity contribution in [2.45, 2.75) is 36.1 Å². The first-order valence-electron chi connectivity index (χ1n) is 6.63. The van der Waals surface area contributed by atoms with Crippen LogP contribution in [0.2, 0.25) is 0 Å². The van der Waals surface area contributed by atoms with Crippen molar-refractivity contribution in [3.63, 3.8) is 0 Å². The molecule has 1 aromatic heterocycles. The van der Waals surface area contributed by atoms with Crippen molar-refractivity contribution < 1.29 is 49.4 Å². The number of amides is 1. The van der Waals surface area contributed by atoms with Crippen LogP contribution in [0.1, 0.15) is 25.5 Å². The van der Waals surface area contributed by atoms with Crippen LogP contribution in [-0.2, 0) is 9.59 Å². The topological polar surface area (TPSA) is 93.6 Å². The number of nitrogens with zero attached hydrogens (tertiary/aromatic N) is 2. The summed E-state index contributed by atoms with van der Waals surface area (Å²) in [6.45, 7) is 3.55. The molecular weight excluding hydrogens is 315 g/mol. The minimum atomic E-state index is -1.25. The molecule has 3 rings (SSSR count). The van der Waals surface area contributed by atoms with Crippen LogP contribution in [0.4, 0.5) is 0 Å². The minimum Gasteiger partial charge on any atom is -0.548 e. The van der Waals surface area contributed by atoms with E-state index < -0.39 is 28.8 Å². The summed E-state index contributed by atoms with van der Waals surface area (Å²) < 4.78 is -0.636. The van der Waals surface area contributed by atoms with E-state index in [9.17, 15) is 19.8 Å². The number of fused-ring (bicyclic) bond motifs is 1. The normalized spacial score (nSPS) is 30.0. The van der Waals surface area contributed by atoms with E-state index in [0.717, 1.165) is 0 Å². The molecule has 1 amide bonds. The molecule has 1 unspecified atom stereocenters. The van der Waals surface area contributed by atoms with Gasteiger partial charge in [-0.3, -0.25) is 9.78 Å². The molecule has 3 heterocycles. The zero-order valence-electron chi connectivity index (χ0n) is 12.6. The van der Waals surface area contributed by atoms with E-state index in [0.29, 0.717) is 5.56 Å². The van der Waals surface area contributed by atoms with Crippen molar-refractivity contribution in [1.82, 2.24) is 9.88 Å². The number of β-lactam (4-membered cyclic amide) rings is 1. The monoisotopic (exact) mass is 330 g/mol. The van der Waals surface area contributed by atoms with Crippen LogP contribution in [0.5, 0.6) is 0 Å². The first-order chi connectivity index (χ1) is 9.84. The van der Waals surface area contributed by atoms with Crippen molar-refractivity contribution in [1.29, 1.82) is 0 Å². The maximum atomic E-state index is 12.3. The third-order valence-electron chi connectivity index (χ3n) is 4.07. The summed E-state index contributed by atoms with van der Waals surface area (Å²) in [5.41, 5.74) is 0.561. The maximum absolute atomic E-state index is 12.3. The zero-order valence-corrected chi connectivity index (χ0v) is 15.4. The van der Waals surface area contributed by atoms with Crippen LogP contribution < -0.4 is 34.7 Å². The van der Waals surface area contributed by atoms with E-state index >= 15 is 0 Å². The Morgan fingerprint density at radius 2 is 2.23 bits per heavy atom. The van der Waals surface area contributed by atoms with Gasteiger partial charge in [0.25, 0.3) is 0 Å². The molecule has 2 saturated heterocycles. The Labute approximate surface area is 154 Å². The number of carboxylic acids is 1. The number of aromatic nitrogens is 1. The number of hydrogen-bond acceptors (Lipinski definition) is 6. The van der Waals surface area contributed by atoms with Crippen LogP contribution in [0.15, 0.2) is 24.5 Å². The number of aliphatic hydroxyl groups excluding tert-OH is 1. The quantitative estimate of drug-likeness (QED) is 0.458. The Balaban J connectivity index is 0.00000176. The van der Waals surface area contributed by atoms with Crippen LogP contribution in [-0.4, -0.2) is 43.0 Å². The fourth-order valence-corrected chi connectivity index (χ4v) is 4.78. The summed E-state index contributed by atoms with van der Waals surface area (Å²) in [7, 11) is 0. The van der Waals surface area contributed by atoms with Crippen molar-refractivity contribution >= 4 is 23.6 Å². The van der Waals surface area contributed by atoms with Crippen molar-refractivity contribution in [2.24, 2.45) is 5.92 Å². The molecule has 2 aliphatic rings. The summed E-state index contributed by atoms with van der Waals surface area (Å²) in [6.07, 6.45) is 2.13. The van der Waals surface area contributed by atoms with E-state index in [4.69, 9.17) is 0 Å². The SMILES string of the molecule is CC1(C)S[C@@H]2[C@H](C(O)c3cccnc3)C(=O)N2[C@H]1C(=O)[O-].[Na+]. The van der Waals surface area contributed by atoms with Gasteiger partial charge in [0.2, 0.25) is 5.91 Å². The fraction of sp³-hybridized carbons (Fsp3) is 0.500. The molecule has 0 aromatic carbocycles. The van der Waals surface area contributed by atoms with Crippen LogP contribution in [0.3, 0.4) is 0 Å². The van der Waals surface area contributed by atoms with Crippen LogP contribution >= 0.6 is 11.8 Å². The van der Waals surface area contributed by atoms with Gasteiger partial charge in [-0.25, -0.2) is 0 Å². The van der Waals surface area contributed by atoms with Crippen LogP contribution in [0, 0.1) is 5.92 Å². The van der Waals surface area contributed by atoms with E-state index in [1.54, 1.807) is 32.2 Å². The molecule has 6 nitrogen and oxygen atoms in total. The molecule has 1 aromatic rings. The predicted molar refractivity (Wildman–Crippen MR) is 73.8 cm³/mol. The van der Waals surface area contributed by atoms with Gasteiger partial charge in [-0.05, 0) is 25.5 Å². The molecule has 0 saturated carbocycles. The third kappa shape index (κ3) is 2.59. The largest absolute Gasteiger partial charge is 1.00 e. The molecule has 22 heavy (non-hydrogen) atoms. The zero-order chi connectivity index (χ0) is 15.4. The van der Waals surface area contributed by atoms with Gasteiger partial charge in [0.05, 0.1) is 29.4 Å². The number of carboxylic acid groups (broad SMARTS) is 1. The molecule has 0 aliphatic carbocycles. The molecule has 1 N–H and O–H groups in total. The number of pyridine rings is 1. The molecule has 8 heteroatoms. The predicted octanol–water partition coefficient (Wildman–Crippen LogP) is -3.45. The van der Waals surface area contributed by atoms with Gasteiger partial charge in [-0.1, -0.05) is 6.07 Å². The first-order valence-corrected chi connectivity index (χ1v) is 7.51. The van der Waals surface area contributed by atoms with E-state index in [1.165, 1.54) is 22.9 Å². The Morgan fingerprint density at radius 1 is 1.55 bits per heavy atom. The number of aliphatic carboxylic acids is 1. The molecule has 112 valence electrons. The molecule has 2 aliphatic heterocycles. The van der Waals surface area contributed by atoms with Crippen molar-refractivity contribution in [2.75, 3.05) is 0 Å². The fourth-order valence-electron chi connectivity index (χ4n) is 3.07. The summed E-state index contributed by atoms with van der Waals surface area (Å²) in [5, 5.41) is 21.4. The van der Waals surface area contributed by atoms with E-state index in [2.05, 4.69) is 4.98 Å². The van der Waals surface area contributed by atoms with Crippen LogP contribution in [0.25, 0.3) is 0 Å². The number of rotatable bonds is 3. The Kier molecular flexibility index (Phi) is 4.94. The molecular formula is C14H15N2NaO4S. The van der Waals surface area contributed by atoms with Gasteiger partial charge in [0.1, 0.15) is 0 Å². The van der Waals surface area contributed by atoms with Crippen molar-refractivity contribution in [3.05, 3.63) is 30.1 Å². The van der Waals surface area contributed by atoms with E-state index in [-0.39, 0.29) is 40.8 Å².